The van der Waals surface area contributed by atoms with Gasteiger partial charge in [-0.1, -0.05) is 59.6 Å². The molecule has 3 aromatic rings. The van der Waals surface area contributed by atoms with Crippen LogP contribution in [0.15, 0.2) is 72.8 Å². The number of aliphatic hydroxyl groups is 1. The smallest absolute Gasteiger partial charge is 0.255 e. The summed E-state index contributed by atoms with van der Waals surface area (Å²) in [6.07, 6.45) is 0.816. The zero-order valence-corrected chi connectivity index (χ0v) is 25.0. The van der Waals surface area contributed by atoms with Crippen molar-refractivity contribution in [1.29, 1.82) is 0 Å². The Balaban J connectivity index is 1.41. The van der Waals surface area contributed by atoms with Gasteiger partial charge in [0.25, 0.3) is 5.91 Å². The number of halogens is 3. The number of hydrogen-bond donors (Lipinski definition) is 2. The average Bonchev–Trinajstić information content (AvgIpc) is 3.89. The van der Waals surface area contributed by atoms with Crippen LogP contribution in [0.2, 0.25) is 10.0 Å². The number of anilines is 1. The molecule has 2 saturated carbocycles. The Hall–Kier alpha value is -2.69. The summed E-state index contributed by atoms with van der Waals surface area (Å²) in [6, 6.07) is 18.9. The minimum Gasteiger partial charge on any atom is -0.393 e. The number of carbonyl (C=O) groups excluding carboxylic acids is 1. The Morgan fingerprint density at radius 3 is 2.33 bits per heavy atom. The number of rotatable bonds is 10. The molecule has 3 aliphatic rings. The van der Waals surface area contributed by atoms with Crippen LogP contribution in [0, 0.1) is 11.7 Å². The largest absolute Gasteiger partial charge is 0.393 e. The molecule has 0 aromatic heterocycles. The molecule has 1 amide bonds. The van der Waals surface area contributed by atoms with E-state index in [1.807, 2.05) is 18.2 Å². The first-order valence-corrected chi connectivity index (χ1v) is 16.2. The molecule has 3 fully saturated rings. The fraction of sp³-hybridized carbons (Fsp3) is 0.387. The van der Waals surface area contributed by atoms with Crippen molar-refractivity contribution in [1.82, 2.24) is 4.90 Å². The Morgan fingerprint density at radius 1 is 1.00 bits per heavy atom. The predicted molar refractivity (Wildman–Crippen MR) is 159 cm³/mol. The lowest BCUT2D eigenvalue weighted by atomic mass is 9.88. The lowest BCUT2D eigenvalue weighted by Gasteiger charge is -2.48. The van der Waals surface area contributed by atoms with Crippen molar-refractivity contribution in [3.05, 3.63) is 99.8 Å². The summed E-state index contributed by atoms with van der Waals surface area (Å²) in [4.78, 5) is 15.8. The minimum absolute atomic E-state index is 0.0716. The van der Waals surface area contributed by atoms with Crippen LogP contribution in [0.1, 0.15) is 55.4 Å². The fourth-order valence-corrected chi connectivity index (χ4v) is 8.09. The maximum Gasteiger partial charge on any atom is 0.255 e. The first kappa shape index (κ1) is 29.4. The van der Waals surface area contributed by atoms with Gasteiger partial charge in [0.1, 0.15) is 11.9 Å². The van der Waals surface area contributed by atoms with E-state index >= 15 is 0 Å². The second kappa shape index (κ2) is 11.4. The van der Waals surface area contributed by atoms with Gasteiger partial charge in [0.05, 0.1) is 23.1 Å². The van der Waals surface area contributed by atoms with E-state index in [2.05, 4.69) is 4.72 Å². The van der Waals surface area contributed by atoms with Crippen LogP contribution < -0.4 is 4.72 Å². The number of nitrogens with zero attached hydrogens (tertiary/aromatic N) is 1. The Kier molecular flexibility index (Phi) is 8.00. The van der Waals surface area contributed by atoms with Gasteiger partial charge in [-0.25, -0.2) is 12.8 Å². The second-order valence-corrected chi connectivity index (χ2v) is 14.4. The third kappa shape index (κ3) is 5.65. The Labute approximate surface area is 254 Å². The number of para-hydroxylation sites is 1. The SMILES string of the molecule is O=C1[C@H](CO)O[C@H](c2cccc(Cl)c2)[C@@H](c2ccc(Cl)cc2)N1[C@@H](CC1(S(=O)(=O)Nc2ccccc2F)CC1)C1CC1. The molecule has 2 N–H and O–H groups in total. The van der Waals surface area contributed by atoms with Crippen molar-refractivity contribution in [2.75, 3.05) is 11.3 Å². The molecule has 3 aromatic carbocycles. The highest BCUT2D eigenvalue weighted by Gasteiger charge is 2.60. The van der Waals surface area contributed by atoms with Crippen molar-refractivity contribution in [3.8, 4) is 0 Å². The van der Waals surface area contributed by atoms with Crippen molar-refractivity contribution >= 4 is 44.8 Å². The molecule has 1 heterocycles. The highest BCUT2D eigenvalue weighted by Crippen LogP contribution is 2.55. The van der Waals surface area contributed by atoms with Crippen molar-refractivity contribution in [2.24, 2.45) is 5.92 Å². The molecule has 0 radical (unpaired) electrons. The maximum absolute atomic E-state index is 14.4. The lowest BCUT2D eigenvalue weighted by molar-refractivity contribution is -0.185. The van der Waals surface area contributed by atoms with E-state index in [0.29, 0.717) is 22.9 Å². The zero-order valence-electron chi connectivity index (χ0n) is 22.6. The van der Waals surface area contributed by atoms with E-state index in [4.69, 9.17) is 27.9 Å². The number of aliphatic hydroxyl groups excluding tert-OH is 1. The van der Waals surface area contributed by atoms with Gasteiger partial charge >= 0.3 is 0 Å². The van der Waals surface area contributed by atoms with Gasteiger partial charge in [0.15, 0.2) is 6.10 Å². The number of carbonyl (C=O) groups is 1. The fourth-order valence-electron chi connectivity index (χ4n) is 6.06. The van der Waals surface area contributed by atoms with Crippen LogP contribution in [-0.4, -0.2) is 47.8 Å². The molecule has 11 heteroatoms. The first-order valence-electron chi connectivity index (χ1n) is 14.0. The average molecular weight is 634 g/mol. The van der Waals surface area contributed by atoms with Gasteiger partial charge in [0, 0.05) is 16.1 Å². The van der Waals surface area contributed by atoms with E-state index in [1.54, 1.807) is 41.3 Å². The predicted octanol–water partition coefficient (Wildman–Crippen LogP) is 6.28. The van der Waals surface area contributed by atoms with Crippen molar-refractivity contribution < 1.29 is 27.4 Å². The number of morpholine rings is 1. The molecule has 0 unspecified atom stereocenters. The number of benzene rings is 3. The molecule has 7 nitrogen and oxygen atoms in total. The normalized spacial score (nSPS) is 24.3. The van der Waals surface area contributed by atoms with Crippen molar-refractivity contribution in [3.63, 3.8) is 0 Å². The molecule has 1 saturated heterocycles. The molecule has 0 bridgehead atoms. The molecular weight excluding hydrogens is 602 g/mol. The summed E-state index contributed by atoms with van der Waals surface area (Å²) in [5, 5.41) is 11.3. The quantitative estimate of drug-likeness (QED) is 0.274. The number of ether oxygens (including phenoxy) is 1. The Bertz CT molecular complexity index is 1580. The number of hydrogen-bond acceptors (Lipinski definition) is 5. The van der Waals surface area contributed by atoms with Gasteiger partial charge in [-0.2, -0.15) is 0 Å². The second-order valence-electron chi connectivity index (χ2n) is 11.4. The summed E-state index contributed by atoms with van der Waals surface area (Å²) >= 11 is 12.6. The van der Waals surface area contributed by atoms with E-state index in [-0.39, 0.29) is 18.0 Å². The third-order valence-corrected chi connectivity index (χ3v) is 11.3. The maximum atomic E-state index is 14.4. The van der Waals surface area contributed by atoms with Crippen LogP contribution >= 0.6 is 23.2 Å². The van der Waals surface area contributed by atoms with E-state index in [1.165, 1.54) is 18.2 Å². The molecule has 1 aliphatic heterocycles. The Morgan fingerprint density at radius 2 is 1.71 bits per heavy atom. The monoisotopic (exact) mass is 632 g/mol. The molecule has 6 rings (SSSR count). The summed E-state index contributed by atoms with van der Waals surface area (Å²) in [6.45, 7) is -0.532. The van der Waals surface area contributed by atoms with E-state index in [9.17, 15) is 22.7 Å². The summed E-state index contributed by atoms with van der Waals surface area (Å²) in [7, 11) is -4.00. The highest BCUT2D eigenvalue weighted by molar-refractivity contribution is 7.94. The first-order chi connectivity index (χ1) is 20.1. The molecule has 2 aliphatic carbocycles. The van der Waals surface area contributed by atoms with E-state index < -0.39 is 57.4 Å². The van der Waals surface area contributed by atoms with E-state index in [0.717, 1.165) is 24.0 Å². The minimum atomic E-state index is -4.00. The molecular formula is C31H31Cl2FN2O5S. The third-order valence-electron chi connectivity index (χ3n) is 8.58. The van der Waals surface area contributed by atoms with Crippen LogP contribution in [0.5, 0.6) is 0 Å². The van der Waals surface area contributed by atoms with Gasteiger partial charge in [0.2, 0.25) is 10.0 Å². The number of sulfonamides is 1. The number of nitrogens with one attached hydrogen (secondary N) is 1. The standard InChI is InChI=1S/C31H31Cl2FN2O5S/c32-22-12-10-20(11-13-22)28-29(21-4-3-5-23(33)16-21)41-27(18-37)30(38)36(28)26(19-8-9-19)17-31(14-15-31)42(39,40)35-25-7-2-1-6-24(25)34/h1-7,10-13,16,19,26-29,35,37H,8-9,14-15,17-18H2/t26-,27-,28+,29+/m0/s1. The molecule has 42 heavy (non-hydrogen) atoms. The van der Waals surface area contributed by atoms with Crippen LogP contribution in [0.3, 0.4) is 0 Å². The zero-order chi connectivity index (χ0) is 29.6. The molecule has 4 atom stereocenters. The molecule has 0 spiro atoms. The summed E-state index contributed by atoms with van der Waals surface area (Å²) in [5.74, 6) is -0.984. The van der Waals surface area contributed by atoms with Crippen LogP contribution in [0.25, 0.3) is 0 Å². The topological polar surface area (TPSA) is 95.9 Å². The van der Waals surface area contributed by atoms with Gasteiger partial charge in [-0.15, -0.1) is 0 Å². The van der Waals surface area contributed by atoms with Gasteiger partial charge in [-0.05, 0) is 85.5 Å². The van der Waals surface area contributed by atoms with Crippen LogP contribution in [-0.2, 0) is 19.6 Å². The summed E-state index contributed by atoms with van der Waals surface area (Å²) in [5.41, 5.74) is 1.38. The number of amides is 1. The highest BCUT2D eigenvalue weighted by atomic mass is 35.5. The lowest BCUT2D eigenvalue weighted by Crippen LogP contribution is -2.57. The summed E-state index contributed by atoms with van der Waals surface area (Å²) < 4.78 is 49.5. The van der Waals surface area contributed by atoms with Gasteiger partial charge < -0.3 is 14.7 Å². The van der Waals surface area contributed by atoms with Crippen molar-refractivity contribution in [2.45, 2.75) is 61.1 Å². The van der Waals surface area contributed by atoms with Gasteiger partial charge in [-0.3, -0.25) is 9.52 Å². The molecule has 222 valence electrons. The van der Waals surface area contributed by atoms with Crippen LogP contribution in [0.4, 0.5) is 10.1 Å².